The van der Waals surface area contributed by atoms with E-state index in [1.54, 1.807) is 41.1 Å². The van der Waals surface area contributed by atoms with Crippen molar-refractivity contribution < 1.29 is 4.79 Å². The predicted octanol–water partition coefficient (Wildman–Crippen LogP) is 5.49. The van der Waals surface area contributed by atoms with Crippen molar-refractivity contribution in [2.24, 2.45) is 0 Å². The fourth-order valence-corrected chi connectivity index (χ4v) is 3.01. The summed E-state index contributed by atoms with van der Waals surface area (Å²) >= 11 is 12.0. The first kappa shape index (κ1) is 18.2. The van der Waals surface area contributed by atoms with Crippen LogP contribution in [0.4, 0.5) is 5.69 Å². The lowest BCUT2D eigenvalue weighted by atomic mass is 10.2. The Morgan fingerprint density at radius 2 is 1.61 bits per heavy atom. The van der Waals surface area contributed by atoms with Crippen molar-refractivity contribution in [3.8, 4) is 17.1 Å². The first-order valence-corrected chi connectivity index (χ1v) is 9.21. The summed E-state index contributed by atoms with van der Waals surface area (Å²) in [5.41, 5.74) is 2.15. The zero-order chi connectivity index (χ0) is 19.5. The highest BCUT2D eigenvalue weighted by molar-refractivity contribution is 6.31. The zero-order valence-electron chi connectivity index (χ0n) is 14.5. The predicted molar refractivity (Wildman–Crippen MR) is 111 cm³/mol. The van der Waals surface area contributed by atoms with Gasteiger partial charge in [-0.2, -0.15) is 0 Å². The molecule has 28 heavy (non-hydrogen) atoms. The van der Waals surface area contributed by atoms with E-state index in [4.69, 9.17) is 23.2 Å². The van der Waals surface area contributed by atoms with Crippen LogP contribution in [-0.4, -0.2) is 20.7 Å². The molecule has 0 bridgehead atoms. The molecule has 1 aromatic heterocycles. The van der Waals surface area contributed by atoms with Gasteiger partial charge in [0.2, 0.25) is 5.82 Å². The summed E-state index contributed by atoms with van der Waals surface area (Å²) in [5.74, 6) is 0.156. The monoisotopic (exact) mass is 408 g/mol. The minimum absolute atomic E-state index is 0.0498. The van der Waals surface area contributed by atoms with E-state index in [1.807, 2.05) is 42.5 Å². The van der Waals surface area contributed by atoms with E-state index in [9.17, 15) is 4.79 Å². The highest BCUT2D eigenvalue weighted by atomic mass is 35.5. The van der Waals surface area contributed by atoms with E-state index in [-0.39, 0.29) is 5.82 Å². The van der Waals surface area contributed by atoms with Gasteiger partial charge in [-0.25, -0.2) is 9.67 Å². The van der Waals surface area contributed by atoms with Gasteiger partial charge in [-0.3, -0.25) is 4.79 Å². The molecular formula is C21H14Cl2N4O. The van der Waals surface area contributed by atoms with Crippen molar-refractivity contribution in [1.82, 2.24) is 14.8 Å². The Morgan fingerprint density at radius 3 is 2.32 bits per heavy atom. The highest BCUT2D eigenvalue weighted by Crippen LogP contribution is 2.24. The van der Waals surface area contributed by atoms with Gasteiger partial charge < -0.3 is 5.32 Å². The molecule has 0 saturated heterocycles. The number of anilines is 1. The van der Waals surface area contributed by atoms with Crippen LogP contribution in [0.2, 0.25) is 10.0 Å². The van der Waals surface area contributed by atoms with E-state index in [1.165, 1.54) is 0 Å². The van der Waals surface area contributed by atoms with Crippen LogP contribution in [0.15, 0.2) is 78.9 Å². The summed E-state index contributed by atoms with van der Waals surface area (Å²) < 4.78 is 1.63. The molecule has 0 fully saturated rings. The summed E-state index contributed by atoms with van der Waals surface area (Å²) in [6, 6.07) is 23.6. The number of aromatic nitrogens is 3. The maximum absolute atomic E-state index is 12.7. The Bertz CT molecular complexity index is 1120. The number of benzene rings is 3. The van der Waals surface area contributed by atoms with Crippen LogP contribution in [0.5, 0.6) is 0 Å². The number of halogens is 2. The molecule has 4 aromatic rings. The second-order valence-electron chi connectivity index (χ2n) is 5.98. The lowest BCUT2D eigenvalue weighted by Gasteiger charge is -2.05. The minimum Gasteiger partial charge on any atom is -0.319 e. The molecule has 3 aromatic carbocycles. The van der Waals surface area contributed by atoms with Gasteiger partial charge in [0.1, 0.15) is 0 Å². The summed E-state index contributed by atoms with van der Waals surface area (Å²) in [4.78, 5) is 17.2. The summed E-state index contributed by atoms with van der Waals surface area (Å²) in [7, 11) is 0. The van der Waals surface area contributed by atoms with Crippen molar-refractivity contribution >= 4 is 34.8 Å². The van der Waals surface area contributed by atoms with Crippen LogP contribution in [0, 0.1) is 0 Å². The molecule has 0 aliphatic carbocycles. The second kappa shape index (κ2) is 7.84. The van der Waals surface area contributed by atoms with Crippen LogP contribution in [0.3, 0.4) is 0 Å². The van der Waals surface area contributed by atoms with Gasteiger partial charge in [0.05, 0.1) is 5.69 Å². The van der Waals surface area contributed by atoms with E-state index in [2.05, 4.69) is 15.4 Å². The molecule has 0 spiro atoms. The third kappa shape index (κ3) is 3.91. The van der Waals surface area contributed by atoms with Crippen LogP contribution < -0.4 is 5.32 Å². The lowest BCUT2D eigenvalue weighted by Crippen LogP contribution is -2.14. The number of para-hydroxylation sites is 1. The van der Waals surface area contributed by atoms with Gasteiger partial charge in [0.25, 0.3) is 5.91 Å². The largest absolute Gasteiger partial charge is 0.319 e. The van der Waals surface area contributed by atoms with E-state index < -0.39 is 5.91 Å². The summed E-state index contributed by atoms with van der Waals surface area (Å²) in [5, 5.41) is 8.37. The Morgan fingerprint density at radius 1 is 0.857 bits per heavy atom. The number of amides is 1. The Labute approximate surface area is 171 Å². The van der Waals surface area contributed by atoms with Crippen molar-refractivity contribution in [3.63, 3.8) is 0 Å². The third-order valence-corrected chi connectivity index (χ3v) is 4.48. The number of rotatable bonds is 4. The van der Waals surface area contributed by atoms with Crippen molar-refractivity contribution in [2.75, 3.05) is 5.32 Å². The number of carbonyl (C=O) groups is 1. The summed E-state index contributed by atoms with van der Waals surface area (Å²) in [6.45, 7) is 0. The smallest absolute Gasteiger partial charge is 0.295 e. The fraction of sp³-hybridized carbons (Fsp3) is 0. The lowest BCUT2D eigenvalue weighted by molar-refractivity contribution is 0.101. The summed E-state index contributed by atoms with van der Waals surface area (Å²) in [6.07, 6.45) is 0. The fourth-order valence-electron chi connectivity index (χ4n) is 2.69. The highest BCUT2D eigenvalue weighted by Gasteiger charge is 2.19. The molecule has 0 atom stereocenters. The van der Waals surface area contributed by atoms with Gasteiger partial charge in [-0.1, -0.05) is 53.5 Å². The van der Waals surface area contributed by atoms with E-state index in [0.717, 1.165) is 11.3 Å². The number of carbonyl (C=O) groups excluding carboxylic acids is 1. The Hall–Kier alpha value is -3.15. The maximum atomic E-state index is 12.7. The average molecular weight is 409 g/mol. The average Bonchev–Trinajstić information content (AvgIpc) is 3.16. The van der Waals surface area contributed by atoms with Gasteiger partial charge >= 0.3 is 0 Å². The van der Waals surface area contributed by atoms with Crippen molar-refractivity contribution in [1.29, 1.82) is 0 Å². The van der Waals surface area contributed by atoms with Gasteiger partial charge in [0.15, 0.2) is 5.82 Å². The molecule has 7 heteroatoms. The maximum Gasteiger partial charge on any atom is 0.295 e. The topological polar surface area (TPSA) is 59.8 Å². The molecule has 5 nitrogen and oxygen atoms in total. The number of nitrogens with one attached hydrogen (secondary N) is 1. The molecule has 0 aliphatic heterocycles. The van der Waals surface area contributed by atoms with E-state index in [0.29, 0.717) is 21.6 Å². The number of hydrogen-bond donors (Lipinski definition) is 1. The zero-order valence-corrected chi connectivity index (χ0v) is 16.0. The molecule has 0 radical (unpaired) electrons. The van der Waals surface area contributed by atoms with Crippen molar-refractivity contribution in [3.05, 3.63) is 94.7 Å². The molecule has 0 aliphatic rings. The molecule has 1 heterocycles. The third-order valence-electron chi connectivity index (χ3n) is 4.00. The van der Waals surface area contributed by atoms with Gasteiger partial charge in [-0.05, 0) is 48.5 Å². The molecule has 1 amide bonds. The Balaban J connectivity index is 1.74. The molecule has 0 saturated carbocycles. The first-order chi connectivity index (χ1) is 13.6. The number of nitrogens with zero attached hydrogens (tertiary/aromatic N) is 3. The Kier molecular flexibility index (Phi) is 5.10. The molecular weight excluding hydrogens is 395 g/mol. The quantitative estimate of drug-likeness (QED) is 0.485. The molecule has 0 unspecified atom stereocenters. The standard InChI is InChI=1S/C21H14Cl2N4O/c22-15-9-11-17(12-10-15)24-21(28)19-25-20(14-5-4-6-16(23)13-14)27(26-19)18-7-2-1-3-8-18/h1-13H,(H,24,28). The van der Waals surface area contributed by atoms with Crippen LogP contribution in [-0.2, 0) is 0 Å². The molecule has 4 rings (SSSR count). The number of hydrogen-bond acceptors (Lipinski definition) is 3. The van der Waals surface area contributed by atoms with Crippen molar-refractivity contribution in [2.45, 2.75) is 0 Å². The van der Waals surface area contributed by atoms with Gasteiger partial charge in [0, 0.05) is 21.3 Å². The van der Waals surface area contributed by atoms with Crippen LogP contribution >= 0.6 is 23.2 Å². The second-order valence-corrected chi connectivity index (χ2v) is 6.85. The first-order valence-electron chi connectivity index (χ1n) is 8.45. The van der Waals surface area contributed by atoms with Crippen LogP contribution in [0.1, 0.15) is 10.6 Å². The molecule has 1 N–H and O–H groups in total. The van der Waals surface area contributed by atoms with E-state index >= 15 is 0 Å². The minimum atomic E-state index is -0.416. The van der Waals surface area contributed by atoms with Crippen LogP contribution in [0.25, 0.3) is 17.1 Å². The van der Waals surface area contributed by atoms with Gasteiger partial charge in [-0.15, -0.1) is 5.10 Å². The molecule has 138 valence electrons. The SMILES string of the molecule is O=C(Nc1ccc(Cl)cc1)c1nc(-c2cccc(Cl)c2)n(-c2ccccc2)n1. The normalized spacial score (nSPS) is 10.6.